The predicted molar refractivity (Wildman–Crippen MR) is 121 cm³/mol. The number of halogens is 1. The van der Waals surface area contributed by atoms with Gasteiger partial charge in [-0.2, -0.15) is 0 Å². The lowest BCUT2D eigenvalue weighted by atomic mass is 10.0. The van der Waals surface area contributed by atoms with E-state index < -0.39 is 17.7 Å². The van der Waals surface area contributed by atoms with Crippen molar-refractivity contribution in [2.45, 2.75) is 20.3 Å². The molecule has 0 radical (unpaired) electrons. The van der Waals surface area contributed by atoms with Crippen molar-refractivity contribution in [2.75, 3.05) is 20.2 Å². The van der Waals surface area contributed by atoms with E-state index in [1.807, 2.05) is 12.1 Å². The number of esters is 1. The molecule has 1 amide bonds. The SMILES string of the molecule is COC(=O)c1c(C)c(C(=O)CN(CCc2ccccn2)C(=O)c2cccc(F)c2)c(C)n1C. The summed E-state index contributed by atoms with van der Waals surface area (Å²) in [6, 6.07) is 10.8. The average Bonchev–Trinajstić information content (AvgIpc) is 3.04. The van der Waals surface area contributed by atoms with Gasteiger partial charge >= 0.3 is 5.97 Å². The van der Waals surface area contributed by atoms with Crippen molar-refractivity contribution in [2.24, 2.45) is 7.05 Å². The molecule has 172 valence electrons. The lowest BCUT2D eigenvalue weighted by Gasteiger charge is -2.22. The standard InChI is InChI=1S/C25H26FN3O4/c1-16-22(17(2)28(3)23(16)25(32)33-4)21(30)15-29(13-11-20-10-5-6-12-27-20)24(31)18-8-7-9-19(26)14-18/h5-10,12,14H,11,13,15H2,1-4H3. The second-order valence-corrected chi connectivity index (χ2v) is 7.72. The van der Waals surface area contributed by atoms with Gasteiger partial charge in [0, 0.05) is 48.7 Å². The van der Waals surface area contributed by atoms with Gasteiger partial charge in [0.2, 0.25) is 0 Å². The molecule has 0 N–H and O–H groups in total. The Morgan fingerprint density at radius 3 is 2.52 bits per heavy atom. The molecule has 0 atom stereocenters. The van der Waals surface area contributed by atoms with Gasteiger partial charge in [0.15, 0.2) is 5.78 Å². The Balaban J connectivity index is 1.92. The number of carbonyl (C=O) groups is 3. The number of amides is 1. The molecule has 0 aliphatic rings. The molecule has 0 saturated heterocycles. The van der Waals surface area contributed by atoms with Crippen LogP contribution in [0.1, 0.15) is 48.2 Å². The first kappa shape index (κ1) is 23.8. The first-order valence-corrected chi connectivity index (χ1v) is 10.5. The van der Waals surface area contributed by atoms with Crippen LogP contribution in [0.15, 0.2) is 48.7 Å². The normalized spacial score (nSPS) is 10.7. The van der Waals surface area contributed by atoms with Crippen LogP contribution >= 0.6 is 0 Å². The molecule has 0 saturated carbocycles. The van der Waals surface area contributed by atoms with E-state index in [2.05, 4.69) is 4.98 Å². The van der Waals surface area contributed by atoms with Crippen LogP contribution in [0.5, 0.6) is 0 Å². The van der Waals surface area contributed by atoms with E-state index in [1.165, 1.54) is 30.2 Å². The van der Waals surface area contributed by atoms with Gasteiger partial charge in [-0.15, -0.1) is 0 Å². The quantitative estimate of drug-likeness (QED) is 0.387. The summed E-state index contributed by atoms with van der Waals surface area (Å²) in [5.41, 5.74) is 2.67. The summed E-state index contributed by atoms with van der Waals surface area (Å²) in [7, 11) is 2.96. The number of carbonyl (C=O) groups excluding carboxylic acids is 3. The highest BCUT2D eigenvalue weighted by Crippen LogP contribution is 2.23. The van der Waals surface area contributed by atoms with E-state index in [-0.39, 0.29) is 30.1 Å². The van der Waals surface area contributed by atoms with Crippen LogP contribution in [0.4, 0.5) is 4.39 Å². The predicted octanol–water partition coefficient (Wildman–Crippen LogP) is 3.53. The molecule has 33 heavy (non-hydrogen) atoms. The van der Waals surface area contributed by atoms with Gasteiger partial charge in [0.05, 0.1) is 13.7 Å². The summed E-state index contributed by atoms with van der Waals surface area (Å²) in [4.78, 5) is 44.4. The van der Waals surface area contributed by atoms with Gasteiger partial charge in [-0.1, -0.05) is 12.1 Å². The number of benzene rings is 1. The number of Topliss-reactive ketones (excluding diaryl/α,β-unsaturated/α-hetero) is 1. The fraction of sp³-hybridized carbons (Fsp3) is 0.280. The van der Waals surface area contributed by atoms with Crippen molar-refractivity contribution < 1.29 is 23.5 Å². The zero-order valence-corrected chi connectivity index (χ0v) is 19.1. The number of nitrogens with zero attached hydrogens (tertiary/aromatic N) is 3. The fourth-order valence-corrected chi connectivity index (χ4v) is 3.88. The van der Waals surface area contributed by atoms with Gasteiger partial charge in [0.25, 0.3) is 5.91 Å². The van der Waals surface area contributed by atoms with Gasteiger partial charge < -0.3 is 14.2 Å². The van der Waals surface area contributed by atoms with E-state index in [4.69, 9.17) is 4.74 Å². The molecule has 2 heterocycles. The Kier molecular flexibility index (Phi) is 7.37. The van der Waals surface area contributed by atoms with E-state index in [9.17, 15) is 18.8 Å². The highest BCUT2D eigenvalue weighted by atomic mass is 19.1. The number of hydrogen-bond acceptors (Lipinski definition) is 5. The summed E-state index contributed by atoms with van der Waals surface area (Å²) < 4.78 is 20.2. The molecule has 0 spiro atoms. The number of ketones is 1. The summed E-state index contributed by atoms with van der Waals surface area (Å²) in [6.45, 7) is 3.40. The Bertz CT molecular complexity index is 1190. The largest absolute Gasteiger partial charge is 0.464 e. The second-order valence-electron chi connectivity index (χ2n) is 7.72. The second kappa shape index (κ2) is 10.2. The summed E-state index contributed by atoms with van der Waals surface area (Å²) >= 11 is 0. The summed E-state index contributed by atoms with van der Waals surface area (Å²) in [5.74, 6) is -1.85. The van der Waals surface area contributed by atoms with E-state index in [0.29, 0.717) is 23.2 Å². The number of hydrogen-bond donors (Lipinski definition) is 0. The molecule has 0 unspecified atom stereocenters. The zero-order valence-electron chi connectivity index (χ0n) is 19.1. The maximum Gasteiger partial charge on any atom is 0.354 e. The lowest BCUT2D eigenvalue weighted by Crippen LogP contribution is -2.37. The number of methoxy groups -OCH3 is 1. The highest BCUT2D eigenvalue weighted by Gasteiger charge is 2.28. The minimum absolute atomic E-state index is 0.153. The first-order chi connectivity index (χ1) is 15.7. The molecular formula is C25H26FN3O4. The van der Waals surface area contributed by atoms with Gasteiger partial charge in [0.1, 0.15) is 11.5 Å². The minimum Gasteiger partial charge on any atom is -0.464 e. The van der Waals surface area contributed by atoms with E-state index in [1.54, 1.807) is 37.7 Å². The van der Waals surface area contributed by atoms with Crippen LogP contribution in [-0.4, -0.2) is 52.3 Å². The Labute approximate surface area is 191 Å². The third-order valence-corrected chi connectivity index (χ3v) is 5.65. The monoisotopic (exact) mass is 451 g/mol. The Morgan fingerprint density at radius 2 is 1.88 bits per heavy atom. The lowest BCUT2D eigenvalue weighted by molar-refractivity contribution is 0.0588. The molecule has 2 aromatic heterocycles. The molecule has 1 aromatic carbocycles. The number of pyridine rings is 1. The number of ether oxygens (including phenoxy) is 1. The molecule has 0 aliphatic carbocycles. The summed E-state index contributed by atoms with van der Waals surface area (Å²) in [6.07, 6.45) is 2.08. The van der Waals surface area contributed by atoms with Crippen molar-refractivity contribution in [1.82, 2.24) is 14.5 Å². The number of aromatic nitrogens is 2. The third-order valence-electron chi connectivity index (χ3n) is 5.65. The first-order valence-electron chi connectivity index (χ1n) is 10.5. The molecule has 3 aromatic rings. The molecule has 0 fully saturated rings. The highest BCUT2D eigenvalue weighted by molar-refractivity contribution is 6.06. The third kappa shape index (κ3) is 5.16. The van der Waals surface area contributed by atoms with Crippen LogP contribution < -0.4 is 0 Å². The molecule has 8 heteroatoms. The van der Waals surface area contributed by atoms with Crippen molar-refractivity contribution in [1.29, 1.82) is 0 Å². The Hall–Kier alpha value is -3.81. The Morgan fingerprint density at radius 1 is 1.12 bits per heavy atom. The molecule has 0 bridgehead atoms. The molecular weight excluding hydrogens is 425 g/mol. The van der Waals surface area contributed by atoms with Gasteiger partial charge in [-0.05, 0) is 49.7 Å². The van der Waals surface area contributed by atoms with Crippen molar-refractivity contribution >= 4 is 17.7 Å². The van der Waals surface area contributed by atoms with Crippen LogP contribution in [0.2, 0.25) is 0 Å². The maximum absolute atomic E-state index is 13.7. The van der Waals surface area contributed by atoms with Crippen molar-refractivity contribution in [3.63, 3.8) is 0 Å². The summed E-state index contributed by atoms with van der Waals surface area (Å²) in [5, 5.41) is 0. The maximum atomic E-state index is 13.7. The van der Waals surface area contributed by atoms with Crippen molar-refractivity contribution in [3.8, 4) is 0 Å². The average molecular weight is 451 g/mol. The van der Waals surface area contributed by atoms with Crippen LogP contribution in [0.25, 0.3) is 0 Å². The van der Waals surface area contributed by atoms with E-state index >= 15 is 0 Å². The topological polar surface area (TPSA) is 81.5 Å². The van der Waals surface area contributed by atoms with Crippen LogP contribution in [0, 0.1) is 19.7 Å². The van der Waals surface area contributed by atoms with Crippen LogP contribution in [0.3, 0.4) is 0 Å². The van der Waals surface area contributed by atoms with Crippen LogP contribution in [-0.2, 0) is 18.2 Å². The smallest absolute Gasteiger partial charge is 0.354 e. The van der Waals surface area contributed by atoms with Gasteiger partial charge in [-0.3, -0.25) is 14.6 Å². The molecule has 7 nitrogen and oxygen atoms in total. The number of rotatable bonds is 8. The zero-order chi connectivity index (χ0) is 24.1. The van der Waals surface area contributed by atoms with E-state index in [0.717, 1.165) is 11.8 Å². The minimum atomic E-state index is -0.542. The molecule has 0 aliphatic heterocycles. The van der Waals surface area contributed by atoms with Gasteiger partial charge in [-0.25, -0.2) is 9.18 Å². The van der Waals surface area contributed by atoms with Crippen molar-refractivity contribution in [3.05, 3.63) is 88.3 Å². The fourth-order valence-electron chi connectivity index (χ4n) is 3.88. The molecule has 3 rings (SSSR count).